The summed E-state index contributed by atoms with van der Waals surface area (Å²) in [7, 11) is 0. The Morgan fingerprint density at radius 2 is 1.73 bits per heavy atom. The summed E-state index contributed by atoms with van der Waals surface area (Å²) in [6.07, 6.45) is -3.40. The number of likely N-dealkylation sites (tertiary alicyclic amines) is 1. The summed E-state index contributed by atoms with van der Waals surface area (Å²) in [5.41, 5.74) is 0.948. The van der Waals surface area contributed by atoms with Gasteiger partial charge in [-0.1, -0.05) is 19.9 Å². The fraction of sp³-hybridized carbons (Fsp3) is 0.444. The average molecular weight is 669 g/mol. The smallest absolute Gasteiger partial charge is 0.416 e. The van der Waals surface area contributed by atoms with Gasteiger partial charge in [-0.2, -0.15) is 18.4 Å². The topological polar surface area (TPSA) is 115 Å². The molecule has 1 aliphatic heterocycles. The number of aryl methyl sites for hydroxylation is 3. The molecular formula is C36H40F4N4O4. The molecule has 1 fully saturated rings. The summed E-state index contributed by atoms with van der Waals surface area (Å²) in [5, 5.41) is 22.0. The minimum Gasteiger partial charge on any atom is -0.481 e. The number of alkyl halides is 3. The largest absolute Gasteiger partial charge is 0.481 e. The SMILES string of the molecule is Cc1cc(C)c(-c2cc(C)c(F)c([C@H](CC(=O)O)NC(=O)C(CC(C)C)n3cc(CCN4CCC4)c(C(F)(F)F)cc3=O)c2)cc1C#N. The van der Waals surface area contributed by atoms with E-state index in [1.165, 1.54) is 13.0 Å². The highest BCUT2D eigenvalue weighted by atomic mass is 19.4. The lowest BCUT2D eigenvalue weighted by Gasteiger charge is -2.31. The standard InChI is InChI=1S/C36H40F4N4O4/c1-20(2)11-31(44-19-24(7-10-43-8-6-9-43)29(16-32(44)45)36(38,39)40)35(48)42-30(17-33(46)47)28-14-25(13-23(5)34(28)37)27-15-26(18-41)21(3)12-22(27)4/h12-16,19-20,30-31H,6-11,17H2,1-5H3,(H,42,48)(H,46,47)/t30-,31?/m0/s1. The number of hydrogen-bond acceptors (Lipinski definition) is 5. The number of pyridine rings is 1. The van der Waals surface area contributed by atoms with Gasteiger partial charge in [0.05, 0.1) is 29.7 Å². The Labute approximate surface area is 277 Å². The van der Waals surface area contributed by atoms with E-state index in [1.807, 2.05) is 17.9 Å². The van der Waals surface area contributed by atoms with E-state index in [9.17, 15) is 37.9 Å². The highest BCUT2D eigenvalue weighted by Gasteiger charge is 2.36. The molecule has 12 heteroatoms. The van der Waals surface area contributed by atoms with Crippen molar-refractivity contribution >= 4 is 11.9 Å². The van der Waals surface area contributed by atoms with E-state index in [0.717, 1.165) is 41.4 Å². The van der Waals surface area contributed by atoms with Crippen molar-refractivity contribution in [3.63, 3.8) is 0 Å². The van der Waals surface area contributed by atoms with Crippen molar-refractivity contribution in [3.05, 3.63) is 91.6 Å². The van der Waals surface area contributed by atoms with Gasteiger partial charge in [-0.15, -0.1) is 0 Å². The quantitative estimate of drug-likeness (QED) is 0.209. The zero-order chi connectivity index (χ0) is 35.5. The summed E-state index contributed by atoms with van der Waals surface area (Å²) in [4.78, 5) is 41.2. The summed E-state index contributed by atoms with van der Waals surface area (Å²) in [5.74, 6) is -3.10. The number of nitrogens with zero attached hydrogens (tertiary/aromatic N) is 3. The monoisotopic (exact) mass is 668 g/mol. The van der Waals surface area contributed by atoms with Crippen LogP contribution in [-0.2, 0) is 22.2 Å². The van der Waals surface area contributed by atoms with Gasteiger partial charge in [0.15, 0.2) is 0 Å². The molecule has 2 aromatic carbocycles. The fourth-order valence-electron chi connectivity index (χ4n) is 6.15. The van der Waals surface area contributed by atoms with Crippen LogP contribution in [0.25, 0.3) is 11.1 Å². The van der Waals surface area contributed by atoms with Crippen LogP contribution in [0.15, 0.2) is 41.3 Å². The number of carbonyl (C=O) groups is 2. The number of carbonyl (C=O) groups excluding carboxylic acids is 1. The third-order valence-electron chi connectivity index (χ3n) is 8.80. The van der Waals surface area contributed by atoms with Gasteiger partial charge in [-0.25, -0.2) is 4.39 Å². The molecule has 256 valence electrons. The van der Waals surface area contributed by atoms with E-state index in [2.05, 4.69) is 11.4 Å². The number of aromatic nitrogens is 1. The second-order valence-electron chi connectivity index (χ2n) is 13.0. The summed E-state index contributed by atoms with van der Waals surface area (Å²) in [6, 6.07) is 6.44. The Hall–Kier alpha value is -4.50. The summed E-state index contributed by atoms with van der Waals surface area (Å²) >= 11 is 0. The lowest BCUT2D eigenvalue weighted by Crippen LogP contribution is -2.41. The van der Waals surface area contributed by atoms with Crippen molar-refractivity contribution in [3.8, 4) is 17.2 Å². The third kappa shape index (κ3) is 8.31. The second kappa shape index (κ2) is 14.7. The van der Waals surface area contributed by atoms with Crippen LogP contribution < -0.4 is 10.9 Å². The average Bonchev–Trinajstić information content (AvgIpc) is 2.96. The van der Waals surface area contributed by atoms with Gasteiger partial charge in [0.1, 0.15) is 11.9 Å². The van der Waals surface area contributed by atoms with E-state index < -0.39 is 53.5 Å². The van der Waals surface area contributed by atoms with Gasteiger partial charge in [-0.05, 0) is 111 Å². The molecule has 0 bridgehead atoms. The second-order valence-corrected chi connectivity index (χ2v) is 13.0. The summed E-state index contributed by atoms with van der Waals surface area (Å²) in [6.45, 7) is 10.6. The zero-order valence-corrected chi connectivity index (χ0v) is 27.7. The number of amides is 1. The van der Waals surface area contributed by atoms with E-state index >= 15 is 4.39 Å². The Morgan fingerprint density at radius 1 is 1.04 bits per heavy atom. The van der Waals surface area contributed by atoms with Crippen molar-refractivity contribution in [2.75, 3.05) is 19.6 Å². The first-order valence-corrected chi connectivity index (χ1v) is 15.9. The van der Waals surface area contributed by atoms with Crippen LogP contribution in [0.4, 0.5) is 17.6 Å². The number of aliphatic carboxylic acids is 1. The number of nitriles is 1. The van der Waals surface area contributed by atoms with Crippen molar-refractivity contribution in [1.29, 1.82) is 5.26 Å². The van der Waals surface area contributed by atoms with Gasteiger partial charge in [0, 0.05) is 24.4 Å². The highest BCUT2D eigenvalue weighted by molar-refractivity contribution is 5.82. The number of hydrogen-bond donors (Lipinski definition) is 2. The van der Waals surface area contributed by atoms with Gasteiger partial charge in [0.2, 0.25) is 5.91 Å². The van der Waals surface area contributed by atoms with Gasteiger partial charge < -0.3 is 19.9 Å². The molecule has 1 unspecified atom stereocenters. The number of carboxylic acids is 1. The molecule has 0 aliphatic carbocycles. The van der Waals surface area contributed by atoms with E-state index in [-0.39, 0.29) is 35.4 Å². The van der Waals surface area contributed by atoms with Crippen LogP contribution in [0.5, 0.6) is 0 Å². The molecule has 2 heterocycles. The number of halogens is 4. The molecule has 2 atom stereocenters. The number of rotatable bonds is 12. The maximum atomic E-state index is 15.8. The lowest BCUT2D eigenvalue weighted by molar-refractivity contribution is -0.139. The molecule has 0 radical (unpaired) electrons. The Morgan fingerprint density at radius 3 is 2.29 bits per heavy atom. The fourth-order valence-corrected chi connectivity index (χ4v) is 6.15. The lowest BCUT2D eigenvalue weighted by atomic mass is 9.90. The van der Waals surface area contributed by atoms with E-state index in [4.69, 9.17) is 0 Å². The Bertz CT molecular complexity index is 1810. The van der Waals surface area contributed by atoms with Crippen LogP contribution in [0.1, 0.15) is 84.1 Å². The van der Waals surface area contributed by atoms with Crippen molar-refractivity contribution in [2.24, 2.45) is 5.92 Å². The van der Waals surface area contributed by atoms with Gasteiger partial charge in [-0.3, -0.25) is 14.4 Å². The predicted octanol–water partition coefficient (Wildman–Crippen LogP) is 6.64. The molecule has 3 aromatic rings. The van der Waals surface area contributed by atoms with Crippen LogP contribution in [-0.4, -0.2) is 46.1 Å². The molecule has 8 nitrogen and oxygen atoms in total. The first kappa shape index (κ1) is 36.3. The van der Waals surface area contributed by atoms with Crippen LogP contribution in [0.3, 0.4) is 0 Å². The molecule has 0 spiro atoms. The zero-order valence-electron chi connectivity index (χ0n) is 27.7. The van der Waals surface area contributed by atoms with Crippen LogP contribution in [0, 0.1) is 43.8 Å². The van der Waals surface area contributed by atoms with E-state index in [0.29, 0.717) is 29.3 Å². The number of carboxylic acid groups (broad SMARTS) is 1. The Balaban J connectivity index is 1.78. The van der Waals surface area contributed by atoms with Gasteiger partial charge in [0.25, 0.3) is 5.56 Å². The van der Waals surface area contributed by atoms with Crippen LogP contribution in [0.2, 0.25) is 0 Å². The normalized spacial score (nSPS) is 14.7. The molecule has 1 saturated heterocycles. The number of nitrogens with one attached hydrogen (secondary N) is 1. The molecule has 1 aromatic heterocycles. The third-order valence-corrected chi connectivity index (χ3v) is 8.80. The minimum absolute atomic E-state index is 0.00992. The molecule has 1 amide bonds. The maximum absolute atomic E-state index is 15.8. The molecule has 0 saturated carbocycles. The van der Waals surface area contributed by atoms with Crippen molar-refractivity contribution in [2.45, 2.75) is 78.6 Å². The molecule has 4 rings (SSSR count). The van der Waals surface area contributed by atoms with E-state index in [1.54, 1.807) is 32.9 Å². The van der Waals surface area contributed by atoms with Crippen LogP contribution >= 0.6 is 0 Å². The first-order chi connectivity index (χ1) is 22.5. The van der Waals surface area contributed by atoms with Crippen molar-refractivity contribution in [1.82, 2.24) is 14.8 Å². The summed E-state index contributed by atoms with van der Waals surface area (Å²) < 4.78 is 58.8. The molecule has 48 heavy (non-hydrogen) atoms. The first-order valence-electron chi connectivity index (χ1n) is 15.9. The van der Waals surface area contributed by atoms with Gasteiger partial charge >= 0.3 is 12.1 Å². The molecule has 1 aliphatic rings. The molecular weight excluding hydrogens is 628 g/mol. The Kier molecular flexibility index (Phi) is 11.1. The van der Waals surface area contributed by atoms with Crippen molar-refractivity contribution < 1.29 is 32.3 Å². The molecule has 2 N–H and O–H groups in total. The minimum atomic E-state index is -4.78. The predicted molar refractivity (Wildman–Crippen MR) is 173 cm³/mol. The highest BCUT2D eigenvalue weighted by Crippen LogP contribution is 2.35. The number of benzene rings is 2. The maximum Gasteiger partial charge on any atom is 0.416 e.